The summed E-state index contributed by atoms with van der Waals surface area (Å²) < 4.78 is 5.31. The standard InChI is InChI=1S/C22H32N4O2/c1-17(12-13-19(3)23)10-11-18(2)16-24-20(4)25(8)14-15-26(9)21(27)28-22(5,6)7/h12-13,16H,1-4,14-15,23H2,5-9H3/b13-12-,24-16-. The lowest BCUT2D eigenvalue weighted by atomic mass is 10.2. The van der Waals surface area contributed by atoms with Gasteiger partial charge in [-0.15, -0.1) is 0 Å². The molecule has 0 aromatic carbocycles. The molecule has 0 saturated carbocycles. The van der Waals surface area contributed by atoms with Crippen LogP contribution in [0, 0.1) is 11.8 Å². The molecule has 1 amide bonds. The van der Waals surface area contributed by atoms with Crippen molar-refractivity contribution in [2.24, 2.45) is 10.7 Å². The number of likely N-dealkylation sites (N-methyl/N-ethyl adjacent to an activating group) is 2. The van der Waals surface area contributed by atoms with Crippen molar-refractivity contribution in [2.75, 3.05) is 27.2 Å². The molecule has 0 aliphatic carbocycles. The Morgan fingerprint density at radius 1 is 1.04 bits per heavy atom. The molecule has 0 aliphatic heterocycles. The van der Waals surface area contributed by atoms with Gasteiger partial charge in [-0.25, -0.2) is 9.79 Å². The topological polar surface area (TPSA) is 71.2 Å². The first kappa shape index (κ1) is 24.8. The Bertz CT molecular complexity index is 743. The molecule has 0 atom stereocenters. The van der Waals surface area contributed by atoms with Crippen LogP contribution in [0.15, 0.2) is 66.1 Å². The molecule has 0 bridgehead atoms. The van der Waals surface area contributed by atoms with Crippen LogP contribution in [0.5, 0.6) is 0 Å². The summed E-state index contributed by atoms with van der Waals surface area (Å²) in [6.45, 7) is 21.6. The van der Waals surface area contributed by atoms with Crippen molar-refractivity contribution in [3.8, 4) is 11.8 Å². The summed E-state index contributed by atoms with van der Waals surface area (Å²) in [7, 11) is 3.52. The number of carbonyl (C=O) groups excluding carboxylic acids is 1. The summed E-state index contributed by atoms with van der Waals surface area (Å²) in [5.41, 5.74) is 6.45. The Labute approximate surface area is 169 Å². The van der Waals surface area contributed by atoms with E-state index >= 15 is 0 Å². The Morgan fingerprint density at radius 2 is 1.57 bits per heavy atom. The number of amides is 1. The van der Waals surface area contributed by atoms with Crippen LogP contribution in [-0.2, 0) is 4.74 Å². The van der Waals surface area contributed by atoms with E-state index < -0.39 is 5.60 Å². The number of aliphatic imine (C=N–C) groups is 1. The van der Waals surface area contributed by atoms with Crippen LogP contribution >= 0.6 is 0 Å². The lowest BCUT2D eigenvalue weighted by Crippen LogP contribution is -2.38. The maximum Gasteiger partial charge on any atom is 0.410 e. The molecule has 152 valence electrons. The second-order valence-electron chi connectivity index (χ2n) is 7.21. The van der Waals surface area contributed by atoms with E-state index in [0.29, 0.717) is 35.8 Å². The van der Waals surface area contributed by atoms with E-state index in [1.807, 2.05) is 32.7 Å². The van der Waals surface area contributed by atoms with Gasteiger partial charge in [0.15, 0.2) is 0 Å². The molecule has 6 heteroatoms. The average molecular weight is 385 g/mol. The number of carbonyl (C=O) groups is 1. The summed E-state index contributed by atoms with van der Waals surface area (Å²) in [6, 6.07) is 0. The maximum atomic E-state index is 11.9. The second kappa shape index (κ2) is 11.5. The highest BCUT2D eigenvalue weighted by molar-refractivity contribution is 5.84. The molecule has 0 aromatic rings. The monoisotopic (exact) mass is 384 g/mol. The highest BCUT2D eigenvalue weighted by atomic mass is 16.6. The number of hydrogen-bond acceptors (Lipinski definition) is 5. The van der Waals surface area contributed by atoms with Crippen molar-refractivity contribution >= 4 is 12.3 Å². The molecule has 2 N–H and O–H groups in total. The fraction of sp³-hybridized carbons (Fsp3) is 0.364. The molecule has 0 spiro atoms. The van der Waals surface area contributed by atoms with Crippen molar-refractivity contribution in [1.29, 1.82) is 0 Å². The molecule has 0 radical (unpaired) electrons. The number of rotatable bonds is 8. The second-order valence-corrected chi connectivity index (χ2v) is 7.21. The third-order valence-electron chi connectivity index (χ3n) is 3.17. The quantitative estimate of drug-likeness (QED) is 0.395. The molecule has 0 heterocycles. The summed E-state index contributed by atoms with van der Waals surface area (Å²) in [6.07, 6.45) is 4.46. The van der Waals surface area contributed by atoms with Crippen molar-refractivity contribution < 1.29 is 9.53 Å². The molecule has 6 nitrogen and oxygen atoms in total. The lowest BCUT2D eigenvalue weighted by molar-refractivity contribution is 0.0291. The maximum absolute atomic E-state index is 11.9. The average Bonchev–Trinajstić information content (AvgIpc) is 2.58. The van der Waals surface area contributed by atoms with Crippen LogP contribution in [0.1, 0.15) is 20.8 Å². The molecular weight excluding hydrogens is 352 g/mol. The molecule has 0 rings (SSSR count). The van der Waals surface area contributed by atoms with Gasteiger partial charge in [0, 0.05) is 50.2 Å². The largest absolute Gasteiger partial charge is 0.444 e. The van der Waals surface area contributed by atoms with Crippen LogP contribution in [0.3, 0.4) is 0 Å². The van der Waals surface area contributed by atoms with E-state index in [9.17, 15) is 4.79 Å². The SMILES string of the molecule is C=C(N)/C=C\C(=C)C#CC(=C)/C=N\C(=C)N(C)CCN(C)C(=O)OC(C)(C)C. The molecule has 0 unspecified atom stereocenters. The van der Waals surface area contributed by atoms with Crippen molar-refractivity contribution in [1.82, 2.24) is 9.80 Å². The molecule has 0 aliphatic rings. The minimum absolute atomic E-state index is 0.369. The van der Waals surface area contributed by atoms with Crippen LogP contribution in [0.25, 0.3) is 0 Å². The van der Waals surface area contributed by atoms with Crippen molar-refractivity contribution in [3.63, 3.8) is 0 Å². The highest BCUT2D eigenvalue weighted by Gasteiger charge is 2.19. The van der Waals surface area contributed by atoms with Gasteiger partial charge >= 0.3 is 6.09 Å². The molecular formula is C22H32N4O2. The van der Waals surface area contributed by atoms with Crippen LogP contribution in [0.2, 0.25) is 0 Å². The van der Waals surface area contributed by atoms with Gasteiger partial charge in [-0.3, -0.25) is 0 Å². The highest BCUT2D eigenvalue weighted by Crippen LogP contribution is 2.09. The van der Waals surface area contributed by atoms with Crippen LogP contribution in [-0.4, -0.2) is 54.9 Å². The van der Waals surface area contributed by atoms with Crippen molar-refractivity contribution in [3.05, 3.63) is 61.1 Å². The fourth-order valence-electron chi connectivity index (χ4n) is 1.55. The number of nitrogens with two attached hydrogens (primary N) is 1. The Morgan fingerprint density at radius 3 is 2.11 bits per heavy atom. The number of ether oxygens (including phenoxy) is 1. The zero-order chi connectivity index (χ0) is 21.9. The third-order valence-corrected chi connectivity index (χ3v) is 3.17. The van der Waals surface area contributed by atoms with Gasteiger partial charge in [0.2, 0.25) is 0 Å². The van der Waals surface area contributed by atoms with E-state index in [2.05, 4.69) is 43.1 Å². The number of hydrogen-bond donors (Lipinski definition) is 1. The van der Waals surface area contributed by atoms with Gasteiger partial charge < -0.3 is 20.3 Å². The van der Waals surface area contributed by atoms with Gasteiger partial charge in [-0.05, 0) is 32.9 Å². The first-order chi connectivity index (χ1) is 12.8. The first-order valence-corrected chi connectivity index (χ1v) is 8.72. The third kappa shape index (κ3) is 12.2. The fourth-order valence-corrected chi connectivity index (χ4v) is 1.55. The van der Waals surface area contributed by atoms with E-state index in [1.165, 1.54) is 11.1 Å². The van der Waals surface area contributed by atoms with Crippen LogP contribution in [0.4, 0.5) is 4.79 Å². The van der Waals surface area contributed by atoms with E-state index in [4.69, 9.17) is 10.5 Å². The van der Waals surface area contributed by atoms with Crippen molar-refractivity contribution in [2.45, 2.75) is 26.4 Å². The summed E-state index contributed by atoms with van der Waals surface area (Å²) in [4.78, 5) is 19.5. The van der Waals surface area contributed by atoms with Gasteiger partial charge in [0.25, 0.3) is 0 Å². The molecule has 0 saturated heterocycles. The normalized spacial score (nSPS) is 10.9. The summed E-state index contributed by atoms with van der Waals surface area (Å²) >= 11 is 0. The minimum atomic E-state index is -0.522. The smallest absolute Gasteiger partial charge is 0.410 e. The van der Waals surface area contributed by atoms with Gasteiger partial charge in [-0.1, -0.05) is 38.2 Å². The number of allylic oxidation sites excluding steroid dienone is 4. The Kier molecular flexibility index (Phi) is 10.2. The van der Waals surface area contributed by atoms with E-state index in [1.54, 1.807) is 19.2 Å². The van der Waals surface area contributed by atoms with E-state index in [-0.39, 0.29) is 6.09 Å². The molecule has 0 fully saturated rings. The van der Waals surface area contributed by atoms with E-state index in [0.717, 1.165) is 0 Å². The summed E-state index contributed by atoms with van der Waals surface area (Å²) in [5.74, 6) is 6.21. The predicted octanol–water partition coefficient (Wildman–Crippen LogP) is 3.47. The summed E-state index contributed by atoms with van der Waals surface area (Å²) in [5, 5.41) is 0. The van der Waals surface area contributed by atoms with Gasteiger partial charge in [-0.2, -0.15) is 0 Å². The Hall–Kier alpha value is -3.20. The predicted molar refractivity (Wildman–Crippen MR) is 118 cm³/mol. The van der Waals surface area contributed by atoms with Gasteiger partial charge in [0.1, 0.15) is 11.4 Å². The Balaban J connectivity index is 4.54. The molecule has 0 aromatic heterocycles. The number of nitrogens with zero attached hydrogens (tertiary/aromatic N) is 3. The zero-order valence-electron chi connectivity index (χ0n) is 17.7. The first-order valence-electron chi connectivity index (χ1n) is 8.72. The van der Waals surface area contributed by atoms with Crippen LogP contribution < -0.4 is 5.73 Å². The lowest BCUT2D eigenvalue weighted by Gasteiger charge is -2.26. The molecule has 28 heavy (non-hydrogen) atoms. The van der Waals surface area contributed by atoms with Gasteiger partial charge in [0.05, 0.1) is 0 Å². The minimum Gasteiger partial charge on any atom is -0.444 e. The zero-order valence-corrected chi connectivity index (χ0v) is 17.7.